The summed E-state index contributed by atoms with van der Waals surface area (Å²) < 4.78 is 5.12. The van der Waals surface area contributed by atoms with E-state index >= 15 is 0 Å². The van der Waals surface area contributed by atoms with Crippen LogP contribution in [0.15, 0.2) is 11.6 Å². The number of carbonyl (C=O) groups excluding carboxylic acids is 1. The van der Waals surface area contributed by atoms with Crippen LogP contribution in [0.3, 0.4) is 0 Å². The van der Waals surface area contributed by atoms with Crippen molar-refractivity contribution in [3.63, 3.8) is 0 Å². The number of aliphatic carboxylic acids is 1. The zero-order valence-electron chi connectivity index (χ0n) is 24.4. The highest BCUT2D eigenvalue weighted by Crippen LogP contribution is 2.76. The smallest absolute Gasteiger partial charge is 0.317 e. The van der Waals surface area contributed by atoms with E-state index in [-0.39, 0.29) is 22.7 Å². The van der Waals surface area contributed by atoms with Crippen molar-refractivity contribution < 1.29 is 39.9 Å². The molecule has 8 nitrogen and oxygen atoms in total. The second-order valence-corrected chi connectivity index (χ2v) is 14.8. The Morgan fingerprint density at radius 2 is 1.69 bits per heavy atom. The summed E-state index contributed by atoms with van der Waals surface area (Å²) in [5.41, 5.74) is -3.97. The predicted molar refractivity (Wildman–Crippen MR) is 143 cm³/mol. The quantitative estimate of drug-likeness (QED) is 0.267. The van der Waals surface area contributed by atoms with Gasteiger partial charge in [-0.25, -0.2) is 0 Å². The SMILES string of the molecule is COC(=O)[C@@]1(CO)[C@H](O)[C@H](O)C[C@@]2(C)[C@H]1CC[C@]1(C)[C@@H]2CC=C2[C@H]3[C@](C(=O)O)(CC[C@@H](C)[C@@]3(C)O)CC[C@]21C. The van der Waals surface area contributed by atoms with Gasteiger partial charge in [0.2, 0.25) is 0 Å². The maximum Gasteiger partial charge on any atom is 0.317 e. The second kappa shape index (κ2) is 8.76. The molecule has 12 atom stereocenters. The van der Waals surface area contributed by atoms with Gasteiger partial charge in [0.15, 0.2) is 0 Å². The van der Waals surface area contributed by atoms with E-state index in [9.17, 15) is 35.1 Å². The van der Waals surface area contributed by atoms with Gasteiger partial charge in [-0.2, -0.15) is 0 Å². The number of ether oxygens (including phenoxy) is 1. The fourth-order valence-electron chi connectivity index (χ4n) is 11.2. The number of esters is 1. The predicted octanol–water partition coefficient (Wildman–Crippen LogP) is 3.30. The third-order valence-electron chi connectivity index (χ3n) is 13.7. The number of aliphatic hydroxyl groups is 4. The van der Waals surface area contributed by atoms with Gasteiger partial charge in [0.1, 0.15) is 5.41 Å². The number of methoxy groups -OCH3 is 1. The van der Waals surface area contributed by atoms with Gasteiger partial charge in [0, 0.05) is 5.92 Å². The summed E-state index contributed by atoms with van der Waals surface area (Å²) in [5.74, 6) is -2.40. The first-order chi connectivity index (χ1) is 18.0. The molecule has 0 aromatic carbocycles. The van der Waals surface area contributed by atoms with Crippen LogP contribution in [-0.2, 0) is 14.3 Å². The maximum atomic E-state index is 13.2. The molecule has 5 N–H and O–H groups in total. The van der Waals surface area contributed by atoms with Gasteiger partial charge in [-0.3, -0.25) is 9.59 Å². The third kappa shape index (κ3) is 3.26. The van der Waals surface area contributed by atoms with Gasteiger partial charge in [-0.1, -0.05) is 39.3 Å². The van der Waals surface area contributed by atoms with Gasteiger partial charge in [-0.05, 0) is 92.3 Å². The van der Waals surface area contributed by atoms with Crippen LogP contribution in [-0.4, -0.2) is 69.0 Å². The van der Waals surface area contributed by atoms with Crippen LogP contribution in [0.25, 0.3) is 0 Å². The first-order valence-electron chi connectivity index (χ1n) is 14.8. The zero-order valence-corrected chi connectivity index (χ0v) is 24.4. The molecule has 5 rings (SSSR count). The molecule has 8 heteroatoms. The molecule has 5 aliphatic rings. The number of fused-ring (bicyclic) bond motifs is 7. The molecule has 0 spiro atoms. The Morgan fingerprint density at radius 3 is 2.28 bits per heavy atom. The lowest BCUT2D eigenvalue weighted by molar-refractivity contribution is -0.254. The number of hydrogen-bond acceptors (Lipinski definition) is 7. The molecular formula is C31H48O8. The number of carboxylic acid groups (broad SMARTS) is 1. The monoisotopic (exact) mass is 548 g/mol. The Morgan fingerprint density at radius 1 is 1.03 bits per heavy atom. The topological polar surface area (TPSA) is 145 Å². The molecule has 5 aliphatic carbocycles. The van der Waals surface area contributed by atoms with Gasteiger partial charge in [0.25, 0.3) is 0 Å². The molecule has 0 saturated heterocycles. The zero-order chi connectivity index (χ0) is 29.0. The average Bonchev–Trinajstić information content (AvgIpc) is 2.87. The summed E-state index contributed by atoms with van der Waals surface area (Å²) in [6, 6.07) is 0. The van der Waals surface area contributed by atoms with Crippen LogP contribution in [0.1, 0.15) is 86.0 Å². The Labute approximate surface area is 231 Å². The number of hydrogen-bond donors (Lipinski definition) is 5. The minimum absolute atomic E-state index is 0.0125. The van der Waals surface area contributed by atoms with Crippen LogP contribution in [0, 0.1) is 50.7 Å². The number of aliphatic hydroxyl groups excluding tert-OH is 3. The molecule has 0 aromatic heterocycles. The van der Waals surface area contributed by atoms with Crippen molar-refractivity contribution in [3.8, 4) is 0 Å². The van der Waals surface area contributed by atoms with E-state index in [1.807, 2.05) is 13.8 Å². The molecule has 0 unspecified atom stereocenters. The van der Waals surface area contributed by atoms with Crippen molar-refractivity contribution in [2.45, 2.75) is 104 Å². The summed E-state index contributed by atoms with van der Waals surface area (Å²) in [7, 11) is 1.25. The largest absolute Gasteiger partial charge is 0.481 e. The van der Waals surface area contributed by atoms with E-state index < -0.39 is 64.4 Å². The number of allylic oxidation sites excluding steroid dienone is 1. The molecule has 4 fully saturated rings. The maximum absolute atomic E-state index is 13.2. The molecule has 39 heavy (non-hydrogen) atoms. The minimum Gasteiger partial charge on any atom is -0.481 e. The lowest BCUT2D eigenvalue weighted by atomic mass is 9.32. The summed E-state index contributed by atoms with van der Waals surface area (Å²) >= 11 is 0. The van der Waals surface area contributed by atoms with Gasteiger partial charge in [0.05, 0.1) is 36.9 Å². The second-order valence-electron chi connectivity index (χ2n) is 14.8. The fraction of sp³-hybridized carbons (Fsp3) is 0.871. The van der Waals surface area contributed by atoms with Gasteiger partial charge >= 0.3 is 11.9 Å². The van der Waals surface area contributed by atoms with Crippen molar-refractivity contribution in [2.75, 3.05) is 13.7 Å². The molecule has 0 heterocycles. The minimum atomic E-state index is -1.61. The van der Waals surface area contributed by atoms with E-state index in [4.69, 9.17) is 4.74 Å². The molecule has 0 amide bonds. The first kappa shape index (κ1) is 29.0. The van der Waals surface area contributed by atoms with E-state index in [0.29, 0.717) is 44.9 Å². The molecule has 0 aromatic rings. The summed E-state index contributed by atoms with van der Waals surface area (Å²) in [6.45, 7) is 9.84. The Bertz CT molecular complexity index is 1080. The normalized spacial score (nSPS) is 54.8. The van der Waals surface area contributed by atoms with Crippen LogP contribution < -0.4 is 0 Å². The van der Waals surface area contributed by atoms with E-state index in [1.54, 1.807) is 0 Å². The molecule has 0 radical (unpaired) electrons. The molecule has 0 aliphatic heterocycles. The van der Waals surface area contributed by atoms with E-state index in [2.05, 4.69) is 26.8 Å². The lowest BCUT2D eigenvalue weighted by Gasteiger charge is -2.71. The van der Waals surface area contributed by atoms with Crippen molar-refractivity contribution in [2.24, 2.45) is 50.7 Å². The number of carbonyl (C=O) groups is 2. The summed E-state index contributed by atoms with van der Waals surface area (Å²) in [5, 5.41) is 55.4. The van der Waals surface area contributed by atoms with Gasteiger partial charge < -0.3 is 30.3 Å². The Hall–Kier alpha value is -1.48. The molecule has 220 valence electrons. The van der Waals surface area contributed by atoms with Crippen molar-refractivity contribution in [1.82, 2.24) is 0 Å². The van der Waals surface area contributed by atoms with Crippen LogP contribution in [0.2, 0.25) is 0 Å². The van der Waals surface area contributed by atoms with Crippen molar-refractivity contribution in [1.29, 1.82) is 0 Å². The van der Waals surface area contributed by atoms with E-state index in [0.717, 1.165) is 12.0 Å². The van der Waals surface area contributed by atoms with Crippen LogP contribution in [0.4, 0.5) is 0 Å². The summed E-state index contributed by atoms with van der Waals surface area (Å²) in [4.78, 5) is 26.1. The number of carboxylic acids is 1. The highest BCUT2D eigenvalue weighted by atomic mass is 16.5. The first-order valence-corrected chi connectivity index (χ1v) is 14.8. The molecule has 0 bridgehead atoms. The standard InChI is InChI=1S/C31H48O8/c1-17-9-12-30(24(35)36)14-13-27(3)18(22(30)29(17,5)38)7-8-20-26(2)15-19(33)23(34)31(16-32,25(37)39-6)21(26)10-11-28(20,27)4/h7,17,19-23,32-34,38H,8-16H2,1-6H3,(H,35,36)/t17-,19-,20-,21-,22-,23-,26-,27-,28-,29-,30+,31-/m1/s1. The van der Waals surface area contributed by atoms with Gasteiger partial charge in [-0.15, -0.1) is 0 Å². The average molecular weight is 549 g/mol. The van der Waals surface area contributed by atoms with E-state index in [1.165, 1.54) is 7.11 Å². The molecular weight excluding hydrogens is 500 g/mol. The highest BCUT2D eigenvalue weighted by Gasteiger charge is 2.74. The lowest BCUT2D eigenvalue weighted by Crippen LogP contribution is -2.71. The van der Waals surface area contributed by atoms with Crippen molar-refractivity contribution in [3.05, 3.63) is 11.6 Å². The number of rotatable bonds is 3. The fourth-order valence-corrected chi connectivity index (χ4v) is 11.2. The third-order valence-corrected chi connectivity index (χ3v) is 13.7. The Balaban J connectivity index is 1.66. The van der Waals surface area contributed by atoms with Crippen LogP contribution in [0.5, 0.6) is 0 Å². The molecule has 4 saturated carbocycles. The highest BCUT2D eigenvalue weighted by molar-refractivity contribution is 5.79. The van der Waals surface area contributed by atoms with Crippen LogP contribution >= 0.6 is 0 Å². The Kier molecular flexibility index (Phi) is 6.52. The van der Waals surface area contributed by atoms with Crippen molar-refractivity contribution >= 4 is 11.9 Å². The summed E-state index contributed by atoms with van der Waals surface area (Å²) in [6.07, 6.45) is 4.19.